The van der Waals surface area contributed by atoms with Crippen molar-refractivity contribution >= 4 is 5.91 Å². The van der Waals surface area contributed by atoms with Gasteiger partial charge in [0.1, 0.15) is 0 Å². The highest BCUT2D eigenvalue weighted by molar-refractivity contribution is 5.76. The van der Waals surface area contributed by atoms with Gasteiger partial charge in [0.2, 0.25) is 5.91 Å². The van der Waals surface area contributed by atoms with Crippen molar-refractivity contribution in [3.8, 4) is 0 Å². The van der Waals surface area contributed by atoms with Gasteiger partial charge in [-0.05, 0) is 77.0 Å². The van der Waals surface area contributed by atoms with Gasteiger partial charge >= 0.3 is 0 Å². The molecule has 0 aromatic rings. The molecule has 1 amide bonds. The molecule has 330 valence electrons. The fourth-order valence-corrected chi connectivity index (χ4v) is 7.17. The predicted octanol–water partition coefficient (Wildman–Crippen LogP) is 15.9. The standard InChI is InChI=1S/C53H95NO3/c1-3-5-7-9-11-13-15-17-18-19-20-21-22-23-24-25-26-27-28-29-30-31-32-33-34-35-37-38-40-42-44-46-48-52(56)51(50-55)54-53(57)49-47-45-43-41-39-36-16-14-12-10-8-6-4-2/h6,8,12,14,33-34,36,38-40,46,48,51-52,55-56H,3-5,7,9-11,13,15-32,35,37,41-45,47,49-50H2,1-2H3,(H,54,57)/b8-6-,14-12-,34-33+,39-36-,40-38+,48-46+. The Bertz CT molecular complexity index is 992. The maximum atomic E-state index is 12.3. The van der Waals surface area contributed by atoms with Crippen LogP contribution in [0.5, 0.6) is 0 Å². The van der Waals surface area contributed by atoms with Crippen LogP contribution in [0.1, 0.15) is 239 Å². The Morgan fingerprint density at radius 2 is 0.789 bits per heavy atom. The van der Waals surface area contributed by atoms with Crippen LogP contribution in [0, 0.1) is 0 Å². The van der Waals surface area contributed by atoms with Crippen LogP contribution in [0.4, 0.5) is 0 Å². The zero-order valence-corrected chi connectivity index (χ0v) is 37.8. The van der Waals surface area contributed by atoms with E-state index in [1.54, 1.807) is 6.08 Å². The molecule has 0 aliphatic rings. The first-order valence-electron chi connectivity index (χ1n) is 24.7. The quantitative estimate of drug-likeness (QED) is 0.0425. The van der Waals surface area contributed by atoms with Gasteiger partial charge in [-0.15, -0.1) is 0 Å². The van der Waals surface area contributed by atoms with Crippen LogP contribution in [0.3, 0.4) is 0 Å². The minimum absolute atomic E-state index is 0.109. The van der Waals surface area contributed by atoms with E-state index in [1.807, 2.05) is 6.08 Å². The third kappa shape index (κ3) is 44.8. The minimum atomic E-state index is -0.886. The van der Waals surface area contributed by atoms with E-state index in [0.717, 1.165) is 70.6 Å². The molecule has 0 bridgehead atoms. The number of aliphatic hydroxyl groups excluding tert-OH is 2. The van der Waals surface area contributed by atoms with Gasteiger partial charge in [0, 0.05) is 6.42 Å². The van der Waals surface area contributed by atoms with E-state index in [2.05, 4.69) is 79.9 Å². The molecular weight excluding hydrogens is 699 g/mol. The van der Waals surface area contributed by atoms with Gasteiger partial charge in [-0.1, -0.05) is 228 Å². The molecular formula is C53H95NO3. The van der Waals surface area contributed by atoms with Gasteiger partial charge in [0.05, 0.1) is 18.8 Å². The van der Waals surface area contributed by atoms with Crippen LogP contribution in [0.15, 0.2) is 72.9 Å². The largest absolute Gasteiger partial charge is 0.394 e. The van der Waals surface area contributed by atoms with E-state index in [4.69, 9.17) is 0 Å². The topological polar surface area (TPSA) is 69.6 Å². The molecule has 0 rings (SSSR count). The number of carbonyl (C=O) groups excluding carboxylic acids is 1. The molecule has 0 radical (unpaired) electrons. The summed E-state index contributed by atoms with van der Waals surface area (Å²) in [6.07, 6.45) is 69.1. The Balaban J connectivity index is 3.57. The van der Waals surface area contributed by atoms with Crippen LogP contribution in [0.25, 0.3) is 0 Å². The molecule has 0 aliphatic heterocycles. The van der Waals surface area contributed by atoms with E-state index in [0.29, 0.717) is 6.42 Å². The van der Waals surface area contributed by atoms with Crippen LogP contribution in [-0.4, -0.2) is 34.9 Å². The van der Waals surface area contributed by atoms with Crippen molar-refractivity contribution in [2.45, 2.75) is 251 Å². The second-order valence-corrected chi connectivity index (χ2v) is 16.5. The maximum absolute atomic E-state index is 12.3. The molecule has 0 saturated heterocycles. The number of allylic oxidation sites excluding steroid dienone is 11. The molecule has 57 heavy (non-hydrogen) atoms. The van der Waals surface area contributed by atoms with Crippen molar-refractivity contribution < 1.29 is 15.0 Å². The summed E-state index contributed by atoms with van der Waals surface area (Å²) in [7, 11) is 0. The summed E-state index contributed by atoms with van der Waals surface area (Å²) in [6, 6.07) is -0.664. The van der Waals surface area contributed by atoms with Crippen molar-refractivity contribution in [1.29, 1.82) is 0 Å². The number of carbonyl (C=O) groups is 1. The number of nitrogens with one attached hydrogen (secondary N) is 1. The van der Waals surface area contributed by atoms with Crippen molar-refractivity contribution in [1.82, 2.24) is 5.32 Å². The number of amides is 1. The lowest BCUT2D eigenvalue weighted by Gasteiger charge is -2.19. The molecule has 0 saturated carbocycles. The number of hydrogen-bond donors (Lipinski definition) is 3. The molecule has 0 aromatic heterocycles. The summed E-state index contributed by atoms with van der Waals surface area (Å²) >= 11 is 0. The Kier molecular flexibility index (Phi) is 46.4. The van der Waals surface area contributed by atoms with Crippen LogP contribution in [0.2, 0.25) is 0 Å². The highest BCUT2D eigenvalue weighted by Gasteiger charge is 2.17. The first-order valence-corrected chi connectivity index (χ1v) is 24.7. The molecule has 0 spiro atoms. The fourth-order valence-electron chi connectivity index (χ4n) is 7.17. The van der Waals surface area contributed by atoms with Crippen molar-refractivity contribution in [2.24, 2.45) is 0 Å². The maximum Gasteiger partial charge on any atom is 0.220 e. The highest BCUT2D eigenvalue weighted by Crippen LogP contribution is 2.16. The average Bonchev–Trinajstić information content (AvgIpc) is 3.22. The molecule has 0 fully saturated rings. The average molecular weight is 794 g/mol. The van der Waals surface area contributed by atoms with Gasteiger partial charge in [-0.25, -0.2) is 0 Å². The molecule has 4 nitrogen and oxygen atoms in total. The Labute approximate surface area is 355 Å². The van der Waals surface area contributed by atoms with Gasteiger partial charge in [-0.2, -0.15) is 0 Å². The highest BCUT2D eigenvalue weighted by atomic mass is 16.3. The minimum Gasteiger partial charge on any atom is -0.394 e. The lowest BCUT2D eigenvalue weighted by atomic mass is 10.0. The van der Waals surface area contributed by atoms with Gasteiger partial charge in [0.25, 0.3) is 0 Å². The molecule has 2 atom stereocenters. The summed E-state index contributed by atoms with van der Waals surface area (Å²) in [6.45, 7) is 4.17. The summed E-state index contributed by atoms with van der Waals surface area (Å²) in [5, 5.41) is 23.0. The molecule has 0 aliphatic carbocycles. The Morgan fingerprint density at radius 3 is 1.23 bits per heavy atom. The summed E-state index contributed by atoms with van der Waals surface area (Å²) in [4.78, 5) is 12.3. The number of unbranched alkanes of at least 4 members (excludes halogenated alkanes) is 27. The molecule has 0 aromatic carbocycles. The lowest BCUT2D eigenvalue weighted by Crippen LogP contribution is -2.45. The van der Waals surface area contributed by atoms with E-state index >= 15 is 0 Å². The SMILES string of the molecule is CC/C=C\C/C=C\C/C=C\CCCCCC(=O)NC(CO)C(O)/C=C/CC/C=C/CC/C=C/CCCCCCCCCCCCCCCCCCCCCCCC. The zero-order chi connectivity index (χ0) is 41.4. The number of rotatable bonds is 44. The Morgan fingerprint density at radius 1 is 0.439 bits per heavy atom. The van der Waals surface area contributed by atoms with E-state index in [1.165, 1.54) is 148 Å². The van der Waals surface area contributed by atoms with Crippen LogP contribution < -0.4 is 5.32 Å². The normalized spacial score (nSPS) is 13.5. The lowest BCUT2D eigenvalue weighted by molar-refractivity contribution is -0.123. The predicted molar refractivity (Wildman–Crippen MR) is 253 cm³/mol. The first-order chi connectivity index (χ1) is 28.2. The third-order valence-electron chi connectivity index (χ3n) is 10.9. The van der Waals surface area contributed by atoms with Crippen LogP contribution in [-0.2, 0) is 4.79 Å². The van der Waals surface area contributed by atoms with E-state index in [-0.39, 0.29) is 12.5 Å². The van der Waals surface area contributed by atoms with Gasteiger partial charge < -0.3 is 15.5 Å². The third-order valence-corrected chi connectivity index (χ3v) is 10.9. The number of aliphatic hydroxyl groups is 2. The van der Waals surface area contributed by atoms with Crippen molar-refractivity contribution in [3.05, 3.63) is 72.9 Å². The Hall–Kier alpha value is -2.17. The molecule has 2 unspecified atom stereocenters. The molecule has 0 heterocycles. The fraction of sp³-hybridized carbons (Fsp3) is 0.755. The van der Waals surface area contributed by atoms with Crippen LogP contribution >= 0.6 is 0 Å². The van der Waals surface area contributed by atoms with Crippen molar-refractivity contribution in [3.63, 3.8) is 0 Å². The number of hydrogen-bond acceptors (Lipinski definition) is 3. The smallest absolute Gasteiger partial charge is 0.220 e. The van der Waals surface area contributed by atoms with E-state index in [9.17, 15) is 15.0 Å². The molecule has 3 N–H and O–H groups in total. The second kappa shape index (κ2) is 48.2. The second-order valence-electron chi connectivity index (χ2n) is 16.5. The van der Waals surface area contributed by atoms with Gasteiger partial charge in [0.15, 0.2) is 0 Å². The summed E-state index contributed by atoms with van der Waals surface area (Å²) < 4.78 is 0. The monoisotopic (exact) mass is 794 g/mol. The van der Waals surface area contributed by atoms with E-state index < -0.39 is 12.1 Å². The zero-order valence-electron chi connectivity index (χ0n) is 37.8. The first kappa shape index (κ1) is 54.8. The van der Waals surface area contributed by atoms with Gasteiger partial charge in [-0.3, -0.25) is 4.79 Å². The molecule has 4 heteroatoms. The summed E-state index contributed by atoms with van der Waals surface area (Å²) in [5.74, 6) is -0.109. The van der Waals surface area contributed by atoms with Crippen molar-refractivity contribution in [2.75, 3.05) is 6.61 Å². The summed E-state index contributed by atoms with van der Waals surface area (Å²) in [5.41, 5.74) is 0.